The molecule has 0 fully saturated rings. The molecule has 1 nitrogen and oxygen atoms in total. The van der Waals surface area contributed by atoms with Crippen molar-refractivity contribution in [1.29, 1.82) is 0 Å². The van der Waals surface area contributed by atoms with Crippen LogP contribution in [0, 0.1) is 5.82 Å². The molecule has 3 heteroatoms. The van der Waals surface area contributed by atoms with Crippen LogP contribution in [0.25, 0.3) is 0 Å². The van der Waals surface area contributed by atoms with E-state index in [1.165, 1.54) is 17.7 Å². The number of halogens is 1. The van der Waals surface area contributed by atoms with Crippen LogP contribution in [0.2, 0.25) is 0 Å². The summed E-state index contributed by atoms with van der Waals surface area (Å²) in [6.07, 6.45) is 1.79. The van der Waals surface area contributed by atoms with Gasteiger partial charge in [0.25, 0.3) is 0 Å². The van der Waals surface area contributed by atoms with E-state index in [-0.39, 0.29) is 11.9 Å². The lowest BCUT2D eigenvalue weighted by atomic mass is 10.0. The van der Waals surface area contributed by atoms with Crippen molar-refractivity contribution in [3.63, 3.8) is 0 Å². The van der Waals surface area contributed by atoms with Gasteiger partial charge in [-0.15, -0.1) is 0 Å². The number of aryl methyl sites for hydroxylation is 1. The number of rotatable bonds is 4. The molecule has 0 amide bonds. The molecule has 0 bridgehead atoms. The van der Waals surface area contributed by atoms with E-state index in [9.17, 15) is 4.39 Å². The van der Waals surface area contributed by atoms with Crippen LogP contribution in [-0.2, 0) is 6.42 Å². The van der Waals surface area contributed by atoms with Crippen molar-refractivity contribution < 1.29 is 4.39 Å². The lowest BCUT2D eigenvalue weighted by Gasteiger charge is -2.11. The number of benzene rings is 1. The van der Waals surface area contributed by atoms with Gasteiger partial charge < -0.3 is 5.73 Å². The molecule has 0 saturated carbocycles. The predicted molar refractivity (Wildman–Crippen MR) is 66.0 cm³/mol. The second kappa shape index (κ2) is 5.23. The van der Waals surface area contributed by atoms with Gasteiger partial charge in [-0.1, -0.05) is 12.1 Å². The third-order valence-corrected chi connectivity index (χ3v) is 3.33. The lowest BCUT2D eigenvalue weighted by Crippen LogP contribution is -2.11. The molecule has 0 aliphatic rings. The van der Waals surface area contributed by atoms with E-state index in [2.05, 4.69) is 16.8 Å². The van der Waals surface area contributed by atoms with Crippen LogP contribution >= 0.6 is 11.3 Å². The van der Waals surface area contributed by atoms with Gasteiger partial charge in [0.1, 0.15) is 5.82 Å². The molecule has 0 aliphatic carbocycles. The molecule has 2 aromatic rings. The smallest absolute Gasteiger partial charge is 0.123 e. The molecule has 1 atom stereocenters. The first-order valence-electron chi connectivity index (χ1n) is 5.28. The molecular formula is C13H14FNS. The summed E-state index contributed by atoms with van der Waals surface area (Å²) < 4.78 is 13.0. The Morgan fingerprint density at radius 1 is 1.31 bits per heavy atom. The molecule has 2 rings (SSSR count). The lowest BCUT2D eigenvalue weighted by molar-refractivity contribution is 0.609. The first-order valence-corrected chi connectivity index (χ1v) is 6.22. The van der Waals surface area contributed by atoms with Crippen molar-refractivity contribution in [2.75, 3.05) is 0 Å². The van der Waals surface area contributed by atoms with Gasteiger partial charge in [0.2, 0.25) is 0 Å². The maximum atomic E-state index is 13.0. The van der Waals surface area contributed by atoms with Crippen LogP contribution < -0.4 is 5.73 Å². The average molecular weight is 235 g/mol. The Labute approximate surface area is 98.7 Å². The fourth-order valence-corrected chi connectivity index (χ4v) is 2.36. The Bertz CT molecular complexity index is 439. The highest BCUT2D eigenvalue weighted by Gasteiger charge is 2.07. The van der Waals surface area contributed by atoms with Crippen LogP contribution in [0.1, 0.15) is 23.6 Å². The molecule has 0 spiro atoms. The van der Waals surface area contributed by atoms with Crippen LogP contribution in [0.5, 0.6) is 0 Å². The van der Waals surface area contributed by atoms with Gasteiger partial charge >= 0.3 is 0 Å². The summed E-state index contributed by atoms with van der Waals surface area (Å²) >= 11 is 1.69. The summed E-state index contributed by atoms with van der Waals surface area (Å²) in [6.45, 7) is 0. The largest absolute Gasteiger partial charge is 0.324 e. The fourth-order valence-electron chi connectivity index (χ4n) is 1.66. The molecule has 1 unspecified atom stereocenters. The summed E-state index contributed by atoms with van der Waals surface area (Å²) in [6, 6.07) is 8.54. The van der Waals surface area contributed by atoms with Crippen molar-refractivity contribution in [2.24, 2.45) is 5.73 Å². The topological polar surface area (TPSA) is 26.0 Å². The van der Waals surface area contributed by atoms with Crippen molar-refractivity contribution in [2.45, 2.75) is 18.9 Å². The molecular weight excluding hydrogens is 221 g/mol. The highest BCUT2D eigenvalue weighted by Crippen LogP contribution is 2.18. The van der Waals surface area contributed by atoms with E-state index in [4.69, 9.17) is 5.73 Å². The molecule has 0 radical (unpaired) electrons. The molecule has 16 heavy (non-hydrogen) atoms. The zero-order chi connectivity index (χ0) is 11.4. The maximum Gasteiger partial charge on any atom is 0.123 e. The fraction of sp³-hybridized carbons (Fsp3) is 0.231. The molecule has 0 aliphatic heterocycles. The summed E-state index contributed by atoms with van der Waals surface area (Å²) in [4.78, 5) is 0. The summed E-state index contributed by atoms with van der Waals surface area (Å²) in [5.41, 5.74) is 8.19. The van der Waals surface area contributed by atoms with Gasteiger partial charge in [-0.25, -0.2) is 4.39 Å². The first-order chi connectivity index (χ1) is 7.75. The first kappa shape index (κ1) is 11.3. The van der Waals surface area contributed by atoms with Gasteiger partial charge in [-0.2, -0.15) is 11.3 Å². The molecule has 1 aromatic heterocycles. The maximum absolute atomic E-state index is 13.0. The van der Waals surface area contributed by atoms with Crippen LogP contribution in [0.4, 0.5) is 4.39 Å². The second-order valence-electron chi connectivity index (χ2n) is 3.83. The van der Waals surface area contributed by atoms with Gasteiger partial charge in [-0.05, 0) is 52.9 Å². The number of hydrogen-bond donors (Lipinski definition) is 1. The van der Waals surface area contributed by atoms with Gasteiger partial charge in [-0.3, -0.25) is 0 Å². The minimum absolute atomic E-state index is 0.0874. The van der Waals surface area contributed by atoms with Gasteiger partial charge in [0.05, 0.1) is 0 Å². The Hall–Kier alpha value is -1.19. The second-order valence-corrected chi connectivity index (χ2v) is 4.61. The zero-order valence-corrected chi connectivity index (χ0v) is 9.71. The minimum Gasteiger partial charge on any atom is -0.324 e. The van der Waals surface area contributed by atoms with Crippen molar-refractivity contribution in [3.05, 3.63) is 58.0 Å². The Kier molecular flexibility index (Phi) is 3.70. The highest BCUT2D eigenvalue weighted by atomic mass is 32.1. The molecule has 84 valence electrons. The van der Waals surface area contributed by atoms with Gasteiger partial charge in [0.15, 0.2) is 0 Å². The number of hydrogen-bond acceptors (Lipinski definition) is 2. The Balaban J connectivity index is 1.95. The Morgan fingerprint density at radius 3 is 2.88 bits per heavy atom. The number of nitrogens with two attached hydrogens (primary N) is 1. The van der Waals surface area contributed by atoms with Crippen LogP contribution in [-0.4, -0.2) is 0 Å². The molecule has 0 saturated heterocycles. The van der Waals surface area contributed by atoms with Crippen molar-refractivity contribution in [3.8, 4) is 0 Å². The standard InChI is InChI=1S/C13H14FNS/c14-12-3-1-2-11(8-12)13(15)5-4-10-6-7-16-9-10/h1-3,6-9,13H,4-5,15H2. The summed E-state index contributed by atoms with van der Waals surface area (Å²) in [5.74, 6) is -0.219. The molecule has 1 aromatic carbocycles. The van der Waals surface area contributed by atoms with Gasteiger partial charge in [0, 0.05) is 6.04 Å². The predicted octanol–water partition coefficient (Wildman–Crippen LogP) is 3.52. The molecule has 2 N–H and O–H groups in total. The summed E-state index contributed by atoms with van der Waals surface area (Å²) in [5, 5.41) is 4.18. The quantitative estimate of drug-likeness (QED) is 0.862. The Morgan fingerprint density at radius 2 is 2.19 bits per heavy atom. The summed E-state index contributed by atoms with van der Waals surface area (Å²) in [7, 11) is 0. The monoisotopic (exact) mass is 235 g/mol. The molecule has 1 heterocycles. The van der Waals surface area contributed by atoms with E-state index in [0.717, 1.165) is 18.4 Å². The van der Waals surface area contributed by atoms with E-state index >= 15 is 0 Å². The van der Waals surface area contributed by atoms with E-state index in [1.807, 2.05) is 6.07 Å². The minimum atomic E-state index is -0.219. The van der Waals surface area contributed by atoms with Crippen molar-refractivity contribution >= 4 is 11.3 Å². The van der Waals surface area contributed by atoms with E-state index < -0.39 is 0 Å². The van der Waals surface area contributed by atoms with E-state index in [0.29, 0.717) is 0 Å². The number of thiophene rings is 1. The van der Waals surface area contributed by atoms with E-state index in [1.54, 1.807) is 17.4 Å². The van der Waals surface area contributed by atoms with Crippen LogP contribution in [0.15, 0.2) is 41.1 Å². The normalized spacial score (nSPS) is 12.6. The van der Waals surface area contributed by atoms with Crippen LogP contribution in [0.3, 0.4) is 0 Å². The third kappa shape index (κ3) is 2.90. The highest BCUT2D eigenvalue weighted by molar-refractivity contribution is 7.07. The average Bonchev–Trinajstić information content (AvgIpc) is 2.78. The van der Waals surface area contributed by atoms with Crippen molar-refractivity contribution in [1.82, 2.24) is 0 Å². The third-order valence-electron chi connectivity index (χ3n) is 2.60. The SMILES string of the molecule is NC(CCc1ccsc1)c1cccc(F)c1. The zero-order valence-electron chi connectivity index (χ0n) is 8.90.